The zero-order valence-corrected chi connectivity index (χ0v) is 13.3. The van der Waals surface area contributed by atoms with Crippen molar-refractivity contribution in [3.8, 4) is 5.75 Å². The molecule has 0 radical (unpaired) electrons. The van der Waals surface area contributed by atoms with E-state index in [1.165, 1.54) is 0 Å². The van der Waals surface area contributed by atoms with Gasteiger partial charge in [0, 0.05) is 18.5 Å². The molecule has 0 aliphatic carbocycles. The van der Waals surface area contributed by atoms with Crippen molar-refractivity contribution in [3.63, 3.8) is 0 Å². The van der Waals surface area contributed by atoms with Crippen molar-refractivity contribution in [2.75, 3.05) is 6.61 Å². The van der Waals surface area contributed by atoms with E-state index in [4.69, 9.17) is 4.74 Å². The maximum absolute atomic E-state index is 12.5. The van der Waals surface area contributed by atoms with Crippen molar-refractivity contribution in [2.45, 2.75) is 49.6 Å². The summed E-state index contributed by atoms with van der Waals surface area (Å²) in [5.74, 6) is 0.734. The van der Waals surface area contributed by atoms with Crippen LogP contribution >= 0.6 is 0 Å². The molecule has 1 aromatic carbocycles. The van der Waals surface area contributed by atoms with Gasteiger partial charge >= 0.3 is 0 Å². The van der Waals surface area contributed by atoms with Crippen LogP contribution in [-0.4, -0.2) is 33.0 Å². The SMILES string of the molecule is CC1NC(=O)CCC1NS(=O)(=O)c1ccc2c(c1)CCCO2. The highest BCUT2D eigenvalue weighted by Crippen LogP contribution is 2.27. The number of carbonyl (C=O) groups excluding carboxylic acids is 1. The molecule has 1 amide bonds. The van der Waals surface area contributed by atoms with Crippen molar-refractivity contribution in [1.82, 2.24) is 10.0 Å². The van der Waals surface area contributed by atoms with Gasteiger partial charge in [-0.1, -0.05) is 0 Å². The van der Waals surface area contributed by atoms with Gasteiger partial charge in [-0.05, 0) is 49.9 Å². The minimum absolute atomic E-state index is 0.0334. The van der Waals surface area contributed by atoms with Gasteiger partial charge in [-0.15, -0.1) is 0 Å². The van der Waals surface area contributed by atoms with Gasteiger partial charge < -0.3 is 10.1 Å². The van der Waals surface area contributed by atoms with Crippen LogP contribution in [0.3, 0.4) is 0 Å². The van der Waals surface area contributed by atoms with E-state index in [0.29, 0.717) is 19.4 Å². The molecule has 7 heteroatoms. The Kier molecular flexibility index (Phi) is 4.10. The molecular formula is C15H20N2O4S. The van der Waals surface area contributed by atoms with Gasteiger partial charge in [0.05, 0.1) is 11.5 Å². The molecule has 1 saturated heterocycles. The summed E-state index contributed by atoms with van der Waals surface area (Å²) in [5, 5.41) is 2.77. The van der Waals surface area contributed by atoms with Gasteiger partial charge in [0.1, 0.15) is 5.75 Å². The Hall–Kier alpha value is -1.60. The molecule has 0 bridgehead atoms. The standard InChI is InChI=1S/C15H20N2O4S/c1-10-13(5-7-15(18)16-10)17-22(19,20)12-4-6-14-11(9-12)3-2-8-21-14/h4,6,9-10,13,17H,2-3,5,7-8H2,1H3,(H,16,18). The normalized spacial score (nSPS) is 25.0. The van der Waals surface area contributed by atoms with E-state index in [0.717, 1.165) is 24.2 Å². The minimum atomic E-state index is -3.60. The smallest absolute Gasteiger partial charge is 0.240 e. The van der Waals surface area contributed by atoms with Crippen molar-refractivity contribution in [1.29, 1.82) is 0 Å². The highest BCUT2D eigenvalue weighted by Gasteiger charge is 2.29. The number of hydrogen-bond donors (Lipinski definition) is 2. The van der Waals surface area contributed by atoms with Crippen molar-refractivity contribution < 1.29 is 17.9 Å². The maximum atomic E-state index is 12.5. The summed E-state index contributed by atoms with van der Waals surface area (Å²) in [6.07, 6.45) is 2.58. The number of carbonyl (C=O) groups is 1. The van der Waals surface area contributed by atoms with Crippen LogP contribution in [0.15, 0.2) is 23.1 Å². The number of rotatable bonds is 3. The highest BCUT2D eigenvalue weighted by atomic mass is 32.2. The molecule has 0 aromatic heterocycles. The fourth-order valence-corrected chi connectivity index (χ4v) is 4.30. The number of sulfonamides is 1. The van der Waals surface area contributed by atoms with Crippen LogP contribution in [0.1, 0.15) is 31.7 Å². The summed E-state index contributed by atoms with van der Waals surface area (Å²) in [6.45, 7) is 2.49. The van der Waals surface area contributed by atoms with Gasteiger partial charge in [0.2, 0.25) is 15.9 Å². The summed E-state index contributed by atoms with van der Waals surface area (Å²) >= 11 is 0. The molecule has 2 N–H and O–H groups in total. The summed E-state index contributed by atoms with van der Waals surface area (Å²) in [7, 11) is -3.60. The fourth-order valence-electron chi connectivity index (χ4n) is 2.90. The van der Waals surface area contributed by atoms with E-state index < -0.39 is 10.0 Å². The van der Waals surface area contributed by atoms with Gasteiger partial charge in [-0.3, -0.25) is 4.79 Å². The Labute approximate surface area is 130 Å². The lowest BCUT2D eigenvalue weighted by atomic mass is 10.0. The number of nitrogens with one attached hydrogen (secondary N) is 2. The first kappa shape index (κ1) is 15.3. The number of fused-ring (bicyclic) bond motifs is 1. The number of amides is 1. The Bertz CT molecular complexity index is 687. The van der Waals surface area contributed by atoms with Crippen molar-refractivity contribution in [3.05, 3.63) is 23.8 Å². The van der Waals surface area contributed by atoms with Crippen LogP contribution < -0.4 is 14.8 Å². The molecule has 2 atom stereocenters. The zero-order chi connectivity index (χ0) is 15.7. The van der Waals surface area contributed by atoms with Crippen LogP contribution in [0.25, 0.3) is 0 Å². The molecule has 2 unspecified atom stereocenters. The maximum Gasteiger partial charge on any atom is 0.240 e. The number of aryl methyl sites for hydroxylation is 1. The summed E-state index contributed by atoms with van der Waals surface area (Å²) < 4.78 is 33.3. The van der Waals surface area contributed by atoms with Crippen molar-refractivity contribution >= 4 is 15.9 Å². The van der Waals surface area contributed by atoms with Gasteiger partial charge in [-0.2, -0.15) is 0 Å². The number of hydrogen-bond acceptors (Lipinski definition) is 4. The molecule has 1 fully saturated rings. The van der Waals surface area contributed by atoms with E-state index in [1.54, 1.807) is 18.2 Å². The summed E-state index contributed by atoms with van der Waals surface area (Å²) in [5.41, 5.74) is 0.930. The average Bonchev–Trinajstić information content (AvgIpc) is 2.49. The Morgan fingerprint density at radius 3 is 2.91 bits per heavy atom. The molecule has 22 heavy (non-hydrogen) atoms. The third kappa shape index (κ3) is 3.10. The molecule has 2 heterocycles. The summed E-state index contributed by atoms with van der Waals surface area (Å²) in [6, 6.07) is 4.48. The largest absolute Gasteiger partial charge is 0.493 e. The first-order valence-corrected chi connectivity index (χ1v) is 9.01. The number of ether oxygens (including phenoxy) is 1. The van der Waals surface area contributed by atoms with Crippen LogP contribution in [0.4, 0.5) is 0 Å². The van der Waals surface area contributed by atoms with Crippen LogP contribution in [0.5, 0.6) is 5.75 Å². The summed E-state index contributed by atoms with van der Waals surface area (Å²) in [4.78, 5) is 11.6. The predicted octanol–water partition coefficient (Wildman–Crippen LogP) is 0.957. The van der Waals surface area contributed by atoms with E-state index in [9.17, 15) is 13.2 Å². The number of piperidine rings is 1. The first-order chi connectivity index (χ1) is 10.5. The van der Waals surface area contributed by atoms with Crippen LogP contribution in [-0.2, 0) is 21.2 Å². The number of benzene rings is 1. The topological polar surface area (TPSA) is 84.5 Å². The highest BCUT2D eigenvalue weighted by molar-refractivity contribution is 7.89. The lowest BCUT2D eigenvalue weighted by Crippen LogP contribution is -2.53. The third-order valence-electron chi connectivity index (χ3n) is 4.17. The molecule has 0 saturated carbocycles. The molecule has 2 aliphatic rings. The van der Waals surface area contributed by atoms with Crippen LogP contribution in [0, 0.1) is 0 Å². The Balaban J connectivity index is 1.79. The Morgan fingerprint density at radius 1 is 1.32 bits per heavy atom. The second-order valence-electron chi connectivity index (χ2n) is 5.84. The molecule has 1 aromatic rings. The fraction of sp³-hybridized carbons (Fsp3) is 0.533. The average molecular weight is 324 g/mol. The molecule has 120 valence electrons. The van der Waals surface area contributed by atoms with Crippen LogP contribution in [0.2, 0.25) is 0 Å². The molecular weight excluding hydrogens is 304 g/mol. The Morgan fingerprint density at radius 2 is 2.14 bits per heavy atom. The lowest BCUT2D eigenvalue weighted by molar-refractivity contribution is -0.123. The predicted molar refractivity (Wildman–Crippen MR) is 81.2 cm³/mol. The molecule has 2 aliphatic heterocycles. The van der Waals surface area contributed by atoms with Crippen molar-refractivity contribution in [2.24, 2.45) is 0 Å². The van der Waals surface area contributed by atoms with E-state index in [-0.39, 0.29) is 22.9 Å². The third-order valence-corrected chi connectivity index (χ3v) is 5.66. The quantitative estimate of drug-likeness (QED) is 0.867. The second kappa shape index (κ2) is 5.89. The van der Waals surface area contributed by atoms with E-state index in [2.05, 4.69) is 10.0 Å². The van der Waals surface area contributed by atoms with E-state index in [1.807, 2.05) is 6.92 Å². The minimum Gasteiger partial charge on any atom is -0.493 e. The lowest BCUT2D eigenvalue weighted by Gasteiger charge is -2.30. The molecule has 3 rings (SSSR count). The molecule has 6 nitrogen and oxygen atoms in total. The first-order valence-electron chi connectivity index (χ1n) is 7.53. The van der Waals surface area contributed by atoms with Gasteiger partial charge in [0.25, 0.3) is 0 Å². The molecule has 0 spiro atoms. The second-order valence-corrected chi connectivity index (χ2v) is 7.56. The van der Waals surface area contributed by atoms with Gasteiger partial charge in [-0.25, -0.2) is 13.1 Å². The van der Waals surface area contributed by atoms with Gasteiger partial charge in [0.15, 0.2) is 0 Å². The monoisotopic (exact) mass is 324 g/mol. The zero-order valence-electron chi connectivity index (χ0n) is 12.5. The van der Waals surface area contributed by atoms with E-state index >= 15 is 0 Å².